The first kappa shape index (κ1) is 12.0. The smallest absolute Gasteiger partial charge is 0.159 e. The number of methoxy groups -OCH3 is 1. The molecule has 1 N–H and O–H groups in total. The highest BCUT2D eigenvalue weighted by Gasteiger charge is 2.11. The van der Waals surface area contributed by atoms with Gasteiger partial charge in [0.05, 0.1) is 19.0 Å². The van der Waals surface area contributed by atoms with Crippen molar-refractivity contribution in [1.82, 2.24) is 15.1 Å². The molecule has 1 heterocycles. The second-order valence-corrected chi connectivity index (χ2v) is 4.71. The van der Waals surface area contributed by atoms with E-state index in [-0.39, 0.29) is 5.54 Å². The Morgan fingerprint density at radius 3 is 2.67 bits per heavy atom. The summed E-state index contributed by atoms with van der Waals surface area (Å²) in [6.45, 7) is 7.41. The molecule has 86 valence electrons. The number of aryl methyl sites for hydroxylation is 1. The van der Waals surface area contributed by atoms with Gasteiger partial charge in [-0.05, 0) is 20.8 Å². The first-order valence-electron chi connectivity index (χ1n) is 5.24. The lowest BCUT2D eigenvalue weighted by atomic mass is 10.1. The molecule has 0 amide bonds. The van der Waals surface area contributed by atoms with Gasteiger partial charge in [-0.3, -0.25) is 4.68 Å². The van der Waals surface area contributed by atoms with Crippen molar-refractivity contribution >= 4 is 0 Å². The zero-order valence-corrected chi connectivity index (χ0v) is 10.3. The quantitative estimate of drug-likeness (QED) is 0.817. The van der Waals surface area contributed by atoms with Gasteiger partial charge in [-0.15, -0.1) is 0 Å². The van der Waals surface area contributed by atoms with Crippen LogP contribution in [0.4, 0.5) is 0 Å². The van der Waals surface area contributed by atoms with Gasteiger partial charge in [0.2, 0.25) is 0 Å². The van der Waals surface area contributed by atoms with Crippen LogP contribution in [-0.4, -0.2) is 29.0 Å². The molecule has 0 bridgehead atoms. The van der Waals surface area contributed by atoms with E-state index in [1.54, 1.807) is 13.3 Å². The Labute approximate surface area is 91.6 Å². The van der Waals surface area contributed by atoms with Crippen LogP contribution < -0.4 is 10.1 Å². The molecular weight excluding hydrogens is 190 g/mol. The maximum Gasteiger partial charge on any atom is 0.159 e. The number of hydrogen-bond acceptors (Lipinski definition) is 3. The Balaban J connectivity index is 2.53. The van der Waals surface area contributed by atoms with Gasteiger partial charge in [0.15, 0.2) is 5.75 Å². The normalized spacial score (nSPS) is 11.8. The number of nitrogens with zero attached hydrogens (tertiary/aromatic N) is 2. The van der Waals surface area contributed by atoms with E-state index in [0.29, 0.717) is 0 Å². The molecular formula is C11H21N3O. The molecule has 0 aromatic carbocycles. The lowest BCUT2D eigenvalue weighted by Crippen LogP contribution is -2.37. The SMILES string of the molecule is COc1cnn(C)c1CCNC(C)(C)C. The van der Waals surface area contributed by atoms with Gasteiger partial charge < -0.3 is 10.1 Å². The number of ether oxygens (including phenoxy) is 1. The molecule has 1 rings (SSSR count). The maximum absolute atomic E-state index is 5.24. The number of nitrogens with one attached hydrogen (secondary N) is 1. The molecule has 1 aromatic rings. The van der Waals surface area contributed by atoms with Crippen LogP contribution in [0.5, 0.6) is 5.75 Å². The summed E-state index contributed by atoms with van der Waals surface area (Å²) < 4.78 is 7.10. The van der Waals surface area contributed by atoms with Crippen LogP contribution in [0.15, 0.2) is 6.20 Å². The fourth-order valence-electron chi connectivity index (χ4n) is 1.45. The molecule has 4 nitrogen and oxygen atoms in total. The molecule has 0 unspecified atom stereocenters. The monoisotopic (exact) mass is 211 g/mol. The van der Waals surface area contributed by atoms with Crippen molar-refractivity contribution in [3.05, 3.63) is 11.9 Å². The van der Waals surface area contributed by atoms with E-state index in [1.165, 1.54) is 0 Å². The fraction of sp³-hybridized carbons (Fsp3) is 0.727. The van der Waals surface area contributed by atoms with Crippen molar-refractivity contribution in [2.45, 2.75) is 32.7 Å². The first-order chi connectivity index (χ1) is 6.94. The van der Waals surface area contributed by atoms with Gasteiger partial charge in [-0.1, -0.05) is 0 Å². The summed E-state index contributed by atoms with van der Waals surface area (Å²) in [7, 11) is 3.62. The third kappa shape index (κ3) is 3.55. The standard InChI is InChI=1S/C11H21N3O/c1-11(2,3)12-7-6-9-10(15-5)8-13-14(9)4/h8,12H,6-7H2,1-5H3. The molecule has 4 heteroatoms. The summed E-state index contributed by atoms with van der Waals surface area (Å²) in [4.78, 5) is 0. The van der Waals surface area contributed by atoms with E-state index in [4.69, 9.17) is 4.74 Å². The van der Waals surface area contributed by atoms with E-state index in [0.717, 1.165) is 24.4 Å². The Bertz CT molecular complexity index is 312. The summed E-state index contributed by atoms with van der Waals surface area (Å²) in [5.41, 5.74) is 1.29. The molecule has 0 aliphatic rings. The molecule has 0 aliphatic carbocycles. The molecule has 0 atom stereocenters. The molecule has 0 radical (unpaired) electrons. The van der Waals surface area contributed by atoms with Crippen LogP contribution >= 0.6 is 0 Å². The van der Waals surface area contributed by atoms with E-state index in [9.17, 15) is 0 Å². The summed E-state index contributed by atoms with van der Waals surface area (Å²) in [5.74, 6) is 0.869. The Hall–Kier alpha value is -1.03. The minimum Gasteiger partial charge on any atom is -0.493 e. The average molecular weight is 211 g/mol. The van der Waals surface area contributed by atoms with Gasteiger partial charge in [0.1, 0.15) is 0 Å². The highest BCUT2D eigenvalue weighted by Crippen LogP contribution is 2.16. The lowest BCUT2D eigenvalue weighted by molar-refractivity contribution is 0.399. The van der Waals surface area contributed by atoms with Gasteiger partial charge in [-0.2, -0.15) is 5.10 Å². The number of rotatable bonds is 4. The fourth-order valence-corrected chi connectivity index (χ4v) is 1.45. The third-order valence-electron chi connectivity index (χ3n) is 2.26. The van der Waals surface area contributed by atoms with E-state index < -0.39 is 0 Å². The van der Waals surface area contributed by atoms with E-state index in [1.807, 2.05) is 11.7 Å². The van der Waals surface area contributed by atoms with Crippen LogP contribution in [-0.2, 0) is 13.5 Å². The van der Waals surface area contributed by atoms with Crippen molar-refractivity contribution in [3.8, 4) is 5.75 Å². The highest BCUT2D eigenvalue weighted by atomic mass is 16.5. The molecule has 0 saturated carbocycles. The van der Waals surface area contributed by atoms with E-state index >= 15 is 0 Å². The van der Waals surface area contributed by atoms with Crippen molar-refractivity contribution in [1.29, 1.82) is 0 Å². The van der Waals surface area contributed by atoms with Crippen molar-refractivity contribution < 1.29 is 4.74 Å². The maximum atomic E-state index is 5.24. The zero-order chi connectivity index (χ0) is 11.5. The second kappa shape index (κ2) is 4.66. The largest absolute Gasteiger partial charge is 0.493 e. The van der Waals surface area contributed by atoms with Crippen LogP contribution in [0.3, 0.4) is 0 Å². The van der Waals surface area contributed by atoms with E-state index in [2.05, 4.69) is 31.2 Å². The Morgan fingerprint density at radius 2 is 2.13 bits per heavy atom. The predicted molar refractivity (Wildman–Crippen MR) is 61.2 cm³/mol. The Morgan fingerprint density at radius 1 is 1.47 bits per heavy atom. The molecule has 15 heavy (non-hydrogen) atoms. The third-order valence-corrected chi connectivity index (χ3v) is 2.26. The van der Waals surface area contributed by atoms with Crippen molar-refractivity contribution in [3.63, 3.8) is 0 Å². The first-order valence-corrected chi connectivity index (χ1v) is 5.24. The number of aromatic nitrogens is 2. The highest BCUT2D eigenvalue weighted by molar-refractivity contribution is 5.25. The van der Waals surface area contributed by atoms with Crippen LogP contribution in [0.2, 0.25) is 0 Å². The molecule has 0 aliphatic heterocycles. The minimum atomic E-state index is 0.159. The lowest BCUT2D eigenvalue weighted by Gasteiger charge is -2.20. The summed E-state index contributed by atoms with van der Waals surface area (Å²) in [6, 6.07) is 0. The second-order valence-electron chi connectivity index (χ2n) is 4.71. The average Bonchev–Trinajstić information content (AvgIpc) is 2.46. The summed E-state index contributed by atoms with van der Waals surface area (Å²) in [5, 5.41) is 7.61. The van der Waals surface area contributed by atoms with Gasteiger partial charge in [0.25, 0.3) is 0 Å². The topological polar surface area (TPSA) is 39.1 Å². The van der Waals surface area contributed by atoms with Crippen LogP contribution in [0.25, 0.3) is 0 Å². The molecule has 1 aromatic heterocycles. The molecule has 0 saturated heterocycles. The summed E-state index contributed by atoms with van der Waals surface area (Å²) in [6.07, 6.45) is 2.68. The van der Waals surface area contributed by atoms with Crippen molar-refractivity contribution in [2.24, 2.45) is 7.05 Å². The van der Waals surface area contributed by atoms with Crippen LogP contribution in [0.1, 0.15) is 26.5 Å². The number of hydrogen-bond donors (Lipinski definition) is 1. The zero-order valence-electron chi connectivity index (χ0n) is 10.3. The predicted octanol–water partition coefficient (Wildman–Crippen LogP) is 1.36. The summed E-state index contributed by atoms with van der Waals surface area (Å²) >= 11 is 0. The van der Waals surface area contributed by atoms with Crippen molar-refractivity contribution in [2.75, 3.05) is 13.7 Å². The molecule has 0 spiro atoms. The van der Waals surface area contributed by atoms with Gasteiger partial charge in [-0.25, -0.2) is 0 Å². The minimum absolute atomic E-state index is 0.159. The Kier molecular flexibility index (Phi) is 3.74. The van der Waals surface area contributed by atoms with Gasteiger partial charge in [0, 0.05) is 25.6 Å². The van der Waals surface area contributed by atoms with Gasteiger partial charge >= 0.3 is 0 Å². The molecule has 0 fully saturated rings. The van der Waals surface area contributed by atoms with Crippen LogP contribution in [0, 0.1) is 0 Å².